The molecule has 0 radical (unpaired) electrons. The zero-order chi connectivity index (χ0) is 9.97. The Morgan fingerprint density at radius 3 is 3.21 bits per heavy atom. The average molecular weight is 226 g/mol. The number of fused-ring (bicyclic) bond motifs is 1. The molecule has 2 rings (SSSR count). The van der Waals surface area contributed by atoms with E-state index < -0.39 is 5.97 Å². The van der Waals surface area contributed by atoms with E-state index in [0.29, 0.717) is 0 Å². The van der Waals surface area contributed by atoms with Gasteiger partial charge in [-0.25, -0.2) is 9.97 Å². The van der Waals surface area contributed by atoms with Crippen molar-refractivity contribution in [2.24, 2.45) is 0 Å². The maximum atomic E-state index is 10.4. The van der Waals surface area contributed by atoms with Gasteiger partial charge in [-0.15, -0.1) is 11.3 Å². The third-order valence-corrected chi connectivity index (χ3v) is 3.37. The molecule has 14 heavy (non-hydrogen) atoms. The van der Waals surface area contributed by atoms with Crippen molar-refractivity contribution < 1.29 is 9.90 Å². The summed E-state index contributed by atoms with van der Waals surface area (Å²) >= 11 is 2.74. The molecule has 0 bridgehead atoms. The SMILES string of the molecule is O=C(O)CSc1ncnc2sccc12. The minimum atomic E-state index is -0.836. The number of aliphatic carboxylic acids is 1. The monoisotopic (exact) mass is 226 g/mol. The van der Waals surface area contributed by atoms with Crippen LogP contribution in [0.3, 0.4) is 0 Å². The second kappa shape index (κ2) is 3.93. The van der Waals surface area contributed by atoms with Crippen molar-refractivity contribution in [3.05, 3.63) is 17.8 Å². The fourth-order valence-electron chi connectivity index (χ4n) is 1.01. The van der Waals surface area contributed by atoms with Gasteiger partial charge in [0.15, 0.2) is 0 Å². The van der Waals surface area contributed by atoms with Crippen LogP contribution in [0.25, 0.3) is 10.2 Å². The van der Waals surface area contributed by atoms with Crippen molar-refractivity contribution in [2.75, 3.05) is 5.75 Å². The van der Waals surface area contributed by atoms with Crippen LogP contribution in [0.15, 0.2) is 22.8 Å². The molecule has 0 aromatic carbocycles. The lowest BCUT2D eigenvalue weighted by Crippen LogP contribution is -1.98. The first-order chi connectivity index (χ1) is 6.77. The van der Waals surface area contributed by atoms with Crippen LogP contribution in [0.5, 0.6) is 0 Å². The van der Waals surface area contributed by atoms with E-state index in [0.717, 1.165) is 15.2 Å². The Hall–Kier alpha value is -1.14. The normalized spacial score (nSPS) is 10.6. The summed E-state index contributed by atoms with van der Waals surface area (Å²) in [4.78, 5) is 19.4. The lowest BCUT2D eigenvalue weighted by atomic mass is 10.4. The molecule has 2 aromatic heterocycles. The van der Waals surface area contributed by atoms with Gasteiger partial charge < -0.3 is 5.11 Å². The highest BCUT2D eigenvalue weighted by Gasteiger charge is 2.06. The molecule has 0 amide bonds. The van der Waals surface area contributed by atoms with Crippen LogP contribution in [0.1, 0.15) is 0 Å². The molecular formula is C8H6N2O2S2. The Labute approximate surface area is 88.0 Å². The highest BCUT2D eigenvalue weighted by molar-refractivity contribution is 8.00. The highest BCUT2D eigenvalue weighted by atomic mass is 32.2. The molecule has 4 nitrogen and oxygen atoms in total. The number of nitrogens with zero attached hydrogens (tertiary/aromatic N) is 2. The van der Waals surface area contributed by atoms with Crippen molar-refractivity contribution in [1.29, 1.82) is 0 Å². The van der Waals surface area contributed by atoms with E-state index in [4.69, 9.17) is 5.11 Å². The molecule has 0 atom stereocenters. The number of rotatable bonds is 3. The molecular weight excluding hydrogens is 220 g/mol. The molecule has 0 saturated carbocycles. The summed E-state index contributed by atoms with van der Waals surface area (Å²) in [6.07, 6.45) is 1.46. The van der Waals surface area contributed by atoms with Crippen molar-refractivity contribution in [3.8, 4) is 0 Å². The number of hydrogen-bond acceptors (Lipinski definition) is 5. The number of carbonyl (C=O) groups is 1. The molecule has 0 aliphatic heterocycles. The van der Waals surface area contributed by atoms with Crippen molar-refractivity contribution in [3.63, 3.8) is 0 Å². The fraction of sp³-hybridized carbons (Fsp3) is 0.125. The Morgan fingerprint density at radius 1 is 1.57 bits per heavy atom. The lowest BCUT2D eigenvalue weighted by Gasteiger charge is -1.97. The van der Waals surface area contributed by atoms with Gasteiger partial charge in [-0.1, -0.05) is 11.8 Å². The van der Waals surface area contributed by atoms with Gasteiger partial charge in [0.25, 0.3) is 0 Å². The molecule has 0 aliphatic carbocycles. The second-order valence-electron chi connectivity index (χ2n) is 2.50. The summed E-state index contributed by atoms with van der Waals surface area (Å²) in [5, 5.41) is 12.1. The van der Waals surface area contributed by atoms with Gasteiger partial charge in [-0.05, 0) is 11.4 Å². The minimum Gasteiger partial charge on any atom is -0.481 e. The highest BCUT2D eigenvalue weighted by Crippen LogP contribution is 2.27. The molecule has 0 fully saturated rings. The first-order valence-electron chi connectivity index (χ1n) is 3.80. The molecule has 6 heteroatoms. The zero-order valence-electron chi connectivity index (χ0n) is 7.01. The topological polar surface area (TPSA) is 63.1 Å². The molecule has 1 N–H and O–H groups in total. The first kappa shape index (κ1) is 9.42. The summed E-state index contributed by atoms with van der Waals surface area (Å²) in [5.74, 6) is -0.806. The number of carboxylic acid groups (broad SMARTS) is 1. The quantitative estimate of drug-likeness (QED) is 0.639. The van der Waals surface area contributed by atoms with Crippen LogP contribution in [-0.2, 0) is 4.79 Å². The van der Waals surface area contributed by atoms with Gasteiger partial charge >= 0.3 is 5.97 Å². The zero-order valence-corrected chi connectivity index (χ0v) is 8.64. The van der Waals surface area contributed by atoms with Gasteiger partial charge in [0.2, 0.25) is 0 Å². The van der Waals surface area contributed by atoms with Crippen molar-refractivity contribution >= 4 is 39.3 Å². The third-order valence-electron chi connectivity index (χ3n) is 1.56. The predicted octanol–water partition coefficient (Wildman–Crippen LogP) is 1.87. The number of aromatic nitrogens is 2. The van der Waals surface area contributed by atoms with Gasteiger partial charge in [0, 0.05) is 5.39 Å². The van der Waals surface area contributed by atoms with Crippen LogP contribution in [0.2, 0.25) is 0 Å². The summed E-state index contributed by atoms with van der Waals surface area (Å²) in [5.41, 5.74) is 0. The van der Waals surface area contributed by atoms with E-state index in [1.807, 2.05) is 11.4 Å². The van der Waals surface area contributed by atoms with Gasteiger partial charge in [-0.3, -0.25) is 4.79 Å². The molecule has 2 heterocycles. The fourth-order valence-corrected chi connectivity index (χ4v) is 2.51. The standard InChI is InChI=1S/C8H6N2O2S2/c11-6(12)3-14-8-5-1-2-13-7(5)9-4-10-8/h1-2,4H,3H2,(H,11,12). The van der Waals surface area contributed by atoms with Gasteiger partial charge in [-0.2, -0.15) is 0 Å². The third kappa shape index (κ3) is 1.85. The van der Waals surface area contributed by atoms with Gasteiger partial charge in [0.05, 0.1) is 5.75 Å². The molecule has 0 unspecified atom stereocenters. The average Bonchev–Trinajstić information content (AvgIpc) is 2.62. The summed E-state index contributed by atoms with van der Waals surface area (Å²) < 4.78 is 0. The van der Waals surface area contributed by atoms with E-state index in [-0.39, 0.29) is 5.75 Å². The lowest BCUT2D eigenvalue weighted by molar-refractivity contribution is -0.133. The molecule has 0 aliphatic rings. The minimum absolute atomic E-state index is 0.0297. The maximum absolute atomic E-state index is 10.4. The van der Waals surface area contributed by atoms with Crippen LogP contribution in [0.4, 0.5) is 0 Å². The Balaban J connectivity index is 2.32. The Bertz CT molecular complexity index is 469. The van der Waals surface area contributed by atoms with Crippen LogP contribution < -0.4 is 0 Å². The van der Waals surface area contributed by atoms with Crippen LogP contribution >= 0.6 is 23.1 Å². The number of carboxylic acids is 1. The van der Waals surface area contributed by atoms with E-state index in [2.05, 4.69) is 9.97 Å². The van der Waals surface area contributed by atoms with E-state index in [1.165, 1.54) is 29.4 Å². The molecule has 0 saturated heterocycles. The van der Waals surface area contributed by atoms with E-state index in [9.17, 15) is 4.79 Å². The first-order valence-corrected chi connectivity index (χ1v) is 5.66. The summed E-state index contributed by atoms with van der Waals surface area (Å²) in [6.45, 7) is 0. The number of hydrogen-bond donors (Lipinski definition) is 1. The summed E-state index contributed by atoms with van der Waals surface area (Å²) in [7, 11) is 0. The van der Waals surface area contributed by atoms with Crippen molar-refractivity contribution in [2.45, 2.75) is 5.03 Å². The maximum Gasteiger partial charge on any atom is 0.313 e. The molecule has 72 valence electrons. The number of thiophene rings is 1. The predicted molar refractivity (Wildman–Crippen MR) is 55.8 cm³/mol. The van der Waals surface area contributed by atoms with Crippen LogP contribution in [0, 0.1) is 0 Å². The Kier molecular flexibility index (Phi) is 2.64. The number of thioether (sulfide) groups is 1. The van der Waals surface area contributed by atoms with Crippen molar-refractivity contribution in [1.82, 2.24) is 9.97 Å². The Morgan fingerprint density at radius 2 is 2.43 bits per heavy atom. The van der Waals surface area contributed by atoms with Crippen LogP contribution in [-0.4, -0.2) is 26.8 Å². The molecule has 2 aromatic rings. The van der Waals surface area contributed by atoms with E-state index in [1.54, 1.807) is 0 Å². The summed E-state index contributed by atoms with van der Waals surface area (Å²) in [6, 6.07) is 1.91. The molecule has 0 spiro atoms. The van der Waals surface area contributed by atoms with Gasteiger partial charge in [0.1, 0.15) is 16.2 Å². The largest absolute Gasteiger partial charge is 0.481 e. The van der Waals surface area contributed by atoms with E-state index >= 15 is 0 Å². The smallest absolute Gasteiger partial charge is 0.313 e. The second-order valence-corrected chi connectivity index (χ2v) is 4.36.